The lowest BCUT2D eigenvalue weighted by Gasteiger charge is -2.32. The molecule has 0 bridgehead atoms. The highest BCUT2D eigenvalue weighted by Crippen LogP contribution is 2.27. The Labute approximate surface area is 180 Å². The van der Waals surface area contributed by atoms with E-state index in [0.717, 1.165) is 24.1 Å². The summed E-state index contributed by atoms with van der Waals surface area (Å²) >= 11 is 0. The molecule has 0 saturated heterocycles. The third-order valence-corrected chi connectivity index (χ3v) is 5.14. The van der Waals surface area contributed by atoms with Gasteiger partial charge in [-0.3, -0.25) is 19.8 Å². The fraction of sp³-hybridized carbons (Fsp3) is 0.217. The quantitative estimate of drug-likeness (QED) is 0.624. The molecule has 0 saturated carbocycles. The second-order valence-electron chi connectivity index (χ2n) is 7.27. The van der Waals surface area contributed by atoms with Crippen molar-refractivity contribution in [2.45, 2.75) is 19.3 Å². The second-order valence-corrected chi connectivity index (χ2v) is 7.27. The van der Waals surface area contributed by atoms with Gasteiger partial charge in [0.05, 0.1) is 0 Å². The smallest absolute Gasteiger partial charge is 0.248 e. The maximum atomic E-state index is 13.2. The van der Waals surface area contributed by atoms with Crippen LogP contribution in [0.2, 0.25) is 0 Å². The Balaban J connectivity index is 1.51. The van der Waals surface area contributed by atoms with Crippen molar-refractivity contribution in [2.75, 3.05) is 28.3 Å². The molecule has 1 aliphatic rings. The summed E-state index contributed by atoms with van der Waals surface area (Å²) in [6.45, 7) is 0.462. The van der Waals surface area contributed by atoms with Gasteiger partial charge in [-0.15, -0.1) is 0 Å². The van der Waals surface area contributed by atoms with Crippen molar-refractivity contribution in [2.24, 2.45) is 0 Å². The number of fused-ring (bicyclic) bond motifs is 1. The van der Waals surface area contributed by atoms with Gasteiger partial charge in [0.25, 0.3) is 0 Å². The van der Waals surface area contributed by atoms with Crippen molar-refractivity contribution in [1.82, 2.24) is 9.66 Å². The van der Waals surface area contributed by atoms with Crippen LogP contribution in [0.1, 0.15) is 18.4 Å². The van der Waals surface area contributed by atoms with E-state index < -0.39 is 18.2 Å². The summed E-state index contributed by atoms with van der Waals surface area (Å²) in [7, 11) is 0. The molecule has 8 heteroatoms. The van der Waals surface area contributed by atoms with Crippen molar-refractivity contribution in [3.05, 3.63) is 78.9 Å². The lowest BCUT2D eigenvalue weighted by Crippen LogP contribution is -2.45. The fourth-order valence-electron chi connectivity index (χ4n) is 3.69. The summed E-state index contributed by atoms with van der Waals surface area (Å²) in [5.74, 6) is -1.12. The molecular weight excluding hydrogens is 394 g/mol. The number of hydrogen-bond donors (Lipinski definition) is 1. The molecule has 31 heavy (non-hydrogen) atoms. The number of aromatic nitrogens is 2. The van der Waals surface area contributed by atoms with E-state index in [0.29, 0.717) is 12.2 Å². The standard InChI is InChI=1S/C23H23N5O3/c29-21(25-26-14-12-24-17-26)15-22(30)28(19-9-2-1-3-10-19)16-23(31)27-13-6-8-18-7-4-5-11-20(18)27/h1-5,7,9-12,14,17H,6,8,13,15-16H2,(H,25,29). The Morgan fingerprint density at radius 2 is 1.81 bits per heavy atom. The molecule has 158 valence electrons. The SMILES string of the molecule is O=C(CC(=O)N(CC(=O)N1CCCc2ccccc21)c1ccccc1)Nn1ccnc1. The monoisotopic (exact) mass is 417 g/mol. The number of nitrogens with zero attached hydrogens (tertiary/aromatic N) is 4. The molecule has 0 aliphatic carbocycles. The van der Waals surface area contributed by atoms with E-state index in [9.17, 15) is 14.4 Å². The van der Waals surface area contributed by atoms with Gasteiger partial charge in [-0.25, -0.2) is 9.66 Å². The van der Waals surface area contributed by atoms with Crippen LogP contribution in [0.25, 0.3) is 0 Å². The molecule has 0 atom stereocenters. The van der Waals surface area contributed by atoms with Crippen LogP contribution in [-0.2, 0) is 20.8 Å². The average molecular weight is 417 g/mol. The Hall–Kier alpha value is -3.94. The molecule has 0 radical (unpaired) electrons. The molecule has 1 aromatic heterocycles. The van der Waals surface area contributed by atoms with Crippen LogP contribution < -0.4 is 15.2 Å². The molecule has 8 nitrogen and oxygen atoms in total. The number of hydrogen-bond acceptors (Lipinski definition) is 4. The minimum Gasteiger partial charge on any atom is -0.311 e. The molecule has 1 N–H and O–H groups in total. The highest BCUT2D eigenvalue weighted by molar-refractivity contribution is 6.10. The van der Waals surface area contributed by atoms with Crippen molar-refractivity contribution in [3.63, 3.8) is 0 Å². The minimum absolute atomic E-state index is 0.143. The summed E-state index contributed by atoms with van der Waals surface area (Å²) in [5.41, 5.74) is 5.14. The summed E-state index contributed by atoms with van der Waals surface area (Å²) in [6, 6.07) is 16.8. The predicted molar refractivity (Wildman–Crippen MR) is 117 cm³/mol. The fourth-order valence-corrected chi connectivity index (χ4v) is 3.69. The first-order valence-electron chi connectivity index (χ1n) is 10.1. The molecule has 2 aromatic carbocycles. The van der Waals surface area contributed by atoms with Crippen LogP contribution in [0.3, 0.4) is 0 Å². The number of carbonyl (C=O) groups excluding carboxylic acids is 3. The molecule has 1 aliphatic heterocycles. The summed E-state index contributed by atoms with van der Waals surface area (Å²) < 4.78 is 1.37. The first-order chi connectivity index (χ1) is 15.1. The third kappa shape index (κ3) is 4.80. The number of aryl methyl sites for hydroxylation is 1. The van der Waals surface area contributed by atoms with Crippen molar-refractivity contribution in [1.29, 1.82) is 0 Å². The Kier molecular flexibility index (Phi) is 6.07. The Morgan fingerprint density at radius 3 is 2.58 bits per heavy atom. The molecular formula is C23H23N5O3. The van der Waals surface area contributed by atoms with Gasteiger partial charge in [0, 0.05) is 30.3 Å². The van der Waals surface area contributed by atoms with E-state index in [4.69, 9.17) is 0 Å². The van der Waals surface area contributed by atoms with E-state index >= 15 is 0 Å². The van der Waals surface area contributed by atoms with Crippen LogP contribution in [-0.4, -0.2) is 40.5 Å². The molecule has 3 aromatic rings. The Morgan fingerprint density at radius 1 is 1.03 bits per heavy atom. The lowest BCUT2D eigenvalue weighted by molar-refractivity contribution is -0.127. The van der Waals surface area contributed by atoms with Gasteiger partial charge in [-0.05, 0) is 36.6 Å². The zero-order valence-electron chi connectivity index (χ0n) is 17.0. The maximum Gasteiger partial charge on any atom is 0.248 e. The van der Waals surface area contributed by atoms with Crippen LogP contribution >= 0.6 is 0 Å². The van der Waals surface area contributed by atoms with Crippen LogP contribution in [0.5, 0.6) is 0 Å². The van der Waals surface area contributed by atoms with Gasteiger partial charge in [0.15, 0.2) is 0 Å². The number of rotatable bonds is 6. The van der Waals surface area contributed by atoms with Gasteiger partial charge >= 0.3 is 0 Å². The summed E-state index contributed by atoms with van der Waals surface area (Å²) in [4.78, 5) is 45.5. The number of imidazole rings is 1. The number of anilines is 2. The molecule has 4 rings (SSSR count). The first kappa shape index (κ1) is 20.3. The van der Waals surface area contributed by atoms with Gasteiger partial charge < -0.3 is 9.80 Å². The van der Waals surface area contributed by atoms with E-state index in [1.54, 1.807) is 35.4 Å². The lowest BCUT2D eigenvalue weighted by atomic mass is 10.0. The van der Waals surface area contributed by atoms with E-state index in [1.807, 2.05) is 30.3 Å². The summed E-state index contributed by atoms with van der Waals surface area (Å²) in [5, 5.41) is 0. The van der Waals surface area contributed by atoms with Crippen LogP contribution in [0.4, 0.5) is 11.4 Å². The number of carbonyl (C=O) groups is 3. The van der Waals surface area contributed by atoms with Gasteiger partial charge in [0.2, 0.25) is 17.7 Å². The predicted octanol–water partition coefficient (Wildman–Crippen LogP) is 2.36. The number of amides is 3. The summed E-state index contributed by atoms with van der Waals surface area (Å²) in [6.07, 6.45) is 5.92. The second kappa shape index (κ2) is 9.25. The number of nitrogens with one attached hydrogen (secondary N) is 1. The van der Waals surface area contributed by atoms with Gasteiger partial charge in [-0.2, -0.15) is 0 Å². The molecule has 2 heterocycles. The van der Waals surface area contributed by atoms with Gasteiger partial charge in [0.1, 0.15) is 19.3 Å². The molecule has 0 spiro atoms. The van der Waals surface area contributed by atoms with Crippen LogP contribution in [0, 0.1) is 0 Å². The van der Waals surface area contributed by atoms with Crippen LogP contribution in [0.15, 0.2) is 73.3 Å². The van der Waals surface area contributed by atoms with Gasteiger partial charge in [-0.1, -0.05) is 36.4 Å². The Bertz CT molecular complexity index is 1070. The van der Waals surface area contributed by atoms with Crippen molar-refractivity contribution in [3.8, 4) is 0 Å². The zero-order chi connectivity index (χ0) is 21.6. The zero-order valence-corrected chi connectivity index (χ0v) is 17.0. The van der Waals surface area contributed by atoms with Crippen molar-refractivity contribution >= 4 is 29.1 Å². The van der Waals surface area contributed by atoms with E-state index in [1.165, 1.54) is 22.1 Å². The minimum atomic E-state index is -0.486. The van der Waals surface area contributed by atoms with E-state index in [2.05, 4.69) is 10.4 Å². The third-order valence-electron chi connectivity index (χ3n) is 5.14. The largest absolute Gasteiger partial charge is 0.311 e. The normalized spacial score (nSPS) is 12.7. The molecule has 3 amide bonds. The van der Waals surface area contributed by atoms with E-state index in [-0.39, 0.29) is 12.5 Å². The average Bonchev–Trinajstić information content (AvgIpc) is 3.30. The number of para-hydroxylation sites is 2. The highest BCUT2D eigenvalue weighted by atomic mass is 16.2. The molecule has 0 fully saturated rings. The van der Waals surface area contributed by atoms with Crippen molar-refractivity contribution < 1.29 is 14.4 Å². The maximum absolute atomic E-state index is 13.2. The molecule has 0 unspecified atom stereocenters. The first-order valence-corrected chi connectivity index (χ1v) is 10.1. The highest BCUT2D eigenvalue weighted by Gasteiger charge is 2.27. The number of benzene rings is 2. The topological polar surface area (TPSA) is 87.5 Å².